The molecule has 10 aromatic rings. The van der Waals surface area contributed by atoms with E-state index in [0.29, 0.717) is 11.6 Å². The van der Waals surface area contributed by atoms with Crippen molar-refractivity contribution in [3.05, 3.63) is 254 Å². The van der Waals surface area contributed by atoms with Gasteiger partial charge in [-0.2, -0.15) is 0 Å². The Bertz CT molecular complexity index is 3370. The molecule has 5 nitrogen and oxygen atoms in total. The third-order valence-electron chi connectivity index (χ3n) is 11.8. The lowest BCUT2D eigenvalue weighted by Gasteiger charge is -2.20. The lowest BCUT2D eigenvalue weighted by molar-refractivity contribution is 1.18. The van der Waals surface area contributed by atoms with Gasteiger partial charge in [-0.25, -0.2) is 19.9 Å². The minimum Gasteiger partial charge on any atom is -0.256 e. The monoisotopic (exact) mass is 873 g/mol. The van der Waals surface area contributed by atoms with Crippen molar-refractivity contribution in [2.75, 3.05) is 0 Å². The summed E-state index contributed by atoms with van der Waals surface area (Å²) >= 11 is 0. The number of rotatable bonds is 12. The first-order valence-corrected chi connectivity index (χ1v) is 22.8. The number of hydrogen-bond donors (Lipinski definition) is 0. The molecule has 324 valence electrons. The molecule has 0 atom stereocenters. The van der Waals surface area contributed by atoms with Gasteiger partial charge in [0.2, 0.25) is 0 Å². The van der Waals surface area contributed by atoms with Crippen molar-refractivity contribution in [3.63, 3.8) is 0 Å². The van der Waals surface area contributed by atoms with Crippen LogP contribution < -0.4 is 0 Å². The maximum Gasteiger partial charge on any atom is 0.160 e. The molecule has 0 saturated carbocycles. The quantitative estimate of drug-likeness (QED) is 0.114. The topological polar surface area (TPSA) is 64.5 Å². The zero-order valence-corrected chi connectivity index (χ0v) is 38.0. The fourth-order valence-electron chi connectivity index (χ4n) is 8.41. The average Bonchev–Trinajstić information content (AvgIpc) is 3.41. The van der Waals surface area contributed by atoms with Gasteiger partial charge in [0.1, 0.15) is 0 Å². The molecule has 10 rings (SSSR count). The number of pyridine rings is 1. The molecule has 0 spiro atoms. The summed E-state index contributed by atoms with van der Waals surface area (Å²) in [6.07, 6.45) is 8.09. The molecule has 0 aliphatic heterocycles. The maximum absolute atomic E-state index is 5.28. The first-order chi connectivity index (χ1) is 33.4. The van der Waals surface area contributed by atoms with Crippen LogP contribution in [0.1, 0.15) is 19.4 Å². The molecule has 3 aromatic heterocycles. The summed E-state index contributed by atoms with van der Waals surface area (Å²) in [5, 5.41) is 0. The Morgan fingerprint density at radius 3 is 1.40 bits per heavy atom. The molecule has 0 saturated heterocycles. The van der Waals surface area contributed by atoms with Crippen LogP contribution in [-0.2, 0) is 0 Å². The second-order valence-corrected chi connectivity index (χ2v) is 16.8. The summed E-state index contributed by atoms with van der Waals surface area (Å²) in [5.74, 6) is 1.32. The van der Waals surface area contributed by atoms with Crippen molar-refractivity contribution in [1.29, 1.82) is 0 Å². The molecular weight excluding hydrogens is 827 g/mol. The third kappa shape index (κ3) is 9.41. The molecular formula is C63H47N5. The summed E-state index contributed by atoms with van der Waals surface area (Å²) in [6, 6.07) is 73.0. The normalized spacial score (nSPS) is 11.1. The first kappa shape index (κ1) is 43.0. The molecule has 0 fully saturated rings. The smallest absolute Gasteiger partial charge is 0.160 e. The largest absolute Gasteiger partial charge is 0.256 e. The highest BCUT2D eigenvalue weighted by atomic mass is 14.9. The zero-order chi connectivity index (χ0) is 46.2. The van der Waals surface area contributed by atoms with E-state index in [1.807, 2.05) is 79.0 Å². The van der Waals surface area contributed by atoms with Crippen LogP contribution in [0.15, 0.2) is 249 Å². The summed E-state index contributed by atoms with van der Waals surface area (Å²) in [6.45, 7) is 8.83. The summed E-state index contributed by atoms with van der Waals surface area (Å²) in [4.78, 5) is 25.2. The highest BCUT2D eigenvalue weighted by molar-refractivity contribution is 5.99. The lowest BCUT2D eigenvalue weighted by atomic mass is 9.85. The van der Waals surface area contributed by atoms with E-state index in [1.165, 1.54) is 5.57 Å². The Labute approximate surface area is 398 Å². The van der Waals surface area contributed by atoms with Crippen LogP contribution in [0.4, 0.5) is 0 Å². The summed E-state index contributed by atoms with van der Waals surface area (Å²) < 4.78 is 0. The van der Waals surface area contributed by atoms with Gasteiger partial charge in [-0.05, 0) is 71.5 Å². The van der Waals surface area contributed by atoms with Crippen molar-refractivity contribution in [2.45, 2.75) is 13.8 Å². The van der Waals surface area contributed by atoms with Crippen LogP contribution in [0, 0.1) is 0 Å². The molecule has 68 heavy (non-hydrogen) atoms. The first-order valence-electron chi connectivity index (χ1n) is 22.8. The Hall–Kier alpha value is -8.93. The highest BCUT2D eigenvalue weighted by Gasteiger charge is 2.20. The Morgan fingerprint density at radius 1 is 0.382 bits per heavy atom. The number of benzene rings is 7. The number of nitrogens with zero attached hydrogens (tertiary/aromatic N) is 5. The van der Waals surface area contributed by atoms with E-state index in [-0.39, 0.29) is 0 Å². The summed E-state index contributed by atoms with van der Waals surface area (Å²) in [5.41, 5.74) is 18.6. The minimum absolute atomic E-state index is 0.653. The SMILES string of the molecule is C=C(/C=C\C=C(C)C)c1cccc(-c2ccc(-c3cc(-c4ccccc4)nc(-c4ccc(-c5ccccn5)cc4)n3)cc2)c1-c1ccccc1-c1cc(-c2ccccc2)nc(-c2ccccc2)n1. The van der Waals surface area contributed by atoms with E-state index in [0.717, 1.165) is 101 Å². The highest BCUT2D eigenvalue weighted by Crippen LogP contribution is 2.43. The molecule has 0 amide bonds. The van der Waals surface area contributed by atoms with Gasteiger partial charge in [0.05, 0.1) is 28.5 Å². The Morgan fingerprint density at radius 2 is 0.824 bits per heavy atom. The number of hydrogen-bond acceptors (Lipinski definition) is 5. The standard InChI is InChI=1S/C63H47N5/c1-43(2)19-17-20-44(3)52-29-18-30-53(61(52)55-28-14-13-27-54(55)60-42-59(47-23-9-5-10-24-47)67-62(68-60)50-25-11-6-12-26-50)45-32-34-49(35-33-45)58-41-57(46-21-7-4-8-22-46)65-63(66-58)51-38-36-48(37-39-51)56-31-15-16-40-64-56/h4-42H,3H2,1-2H3/b20-17-. The van der Waals surface area contributed by atoms with Gasteiger partial charge in [0.15, 0.2) is 11.6 Å². The van der Waals surface area contributed by atoms with Crippen molar-refractivity contribution in [3.8, 4) is 101 Å². The second kappa shape index (κ2) is 19.7. The van der Waals surface area contributed by atoms with E-state index in [4.69, 9.17) is 19.9 Å². The van der Waals surface area contributed by atoms with Crippen molar-refractivity contribution in [2.24, 2.45) is 0 Å². The van der Waals surface area contributed by atoms with E-state index >= 15 is 0 Å². The minimum atomic E-state index is 0.653. The second-order valence-electron chi connectivity index (χ2n) is 16.8. The van der Waals surface area contributed by atoms with Crippen LogP contribution in [0.3, 0.4) is 0 Å². The van der Waals surface area contributed by atoms with Gasteiger partial charge in [-0.15, -0.1) is 0 Å². The molecule has 0 unspecified atom stereocenters. The van der Waals surface area contributed by atoms with Gasteiger partial charge in [-0.1, -0.05) is 218 Å². The van der Waals surface area contributed by atoms with Gasteiger partial charge in [-0.3, -0.25) is 4.98 Å². The van der Waals surface area contributed by atoms with Crippen molar-refractivity contribution < 1.29 is 0 Å². The third-order valence-corrected chi connectivity index (χ3v) is 11.8. The van der Waals surface area contributed by atoms with Gasteiger partial charge >= 0.3 is 0 Å². The molecule has 7 aromatic carbocycles. The number of aromatic nitrogens is 5. The van der Waals surface area contributed by atoms with Crippen LogP contribution >= 0.6 is 0 Å². The summed E-state index contributed by atoms with van der Waals surface area (Å²) in [7, 11) is 0. The van der Waals surface area contributed by atoms with Crippen LogP contribution in [0.5, 0.6) is 0 Å². The van der Waals surface area contributed by atoms with Crippen LogP contribution in [0.25, 0.3) is 107 Å². The molecule has 5 heteroatoms. The maximum atomic E-state index is 5.28. The Kier molecular flexibility index (Phi) is 12.4. The molecule has 3 heterocycles. The van der Waals surface area contributed by atoms with E-state index in [2.05, 4.69) is 183 Å². The van der Waals surface area contributed by atoms with Gasteiger partial charge < -0.3 is 0 Å². The predicted molar refractivity (Wildman–Crippen MR) is 282 cm³/mol. The van der Waals surface area contributed by atoms with Crippen LogP contribution in [-0.4, -0.2) is 24.9 Å². The molecule has 0 N–H and O–H groups in total. The molecule has 0 radical (unpaired) electrons. The van der Waals surface area contributed by atoms with E-state index in [9.17, 15) is 0 Å². The van der Waals surface area contributed by atoms with E-state index < -0.39 is 0 Å². The van der Waals surface area contributed by atoms with Crippen molar-refractivity contribution in [1.82, 2.24) is 24.9 Å². The predicted octanol–water partition coefficient (Wildman–Crippen LogP) is 16.2. The van der Waals surface area contributed by atoms with Crippen molar-refractivity contribution >= 4 is 5.57 Å². The average molecular weight is 874 g/mol. The van der Waals surface area contributed by atoms with E-state index in [1.54, 1.807) is 0 Å². The zero-order valence-electron chi connectivity index (χ0n) is 38.0. The lowest BCUT2D eigenvalue weighted by Crippen LogP contribution is -1.99. The fourth-order valence-corrected chi connectivity index (χ4v) is 8.41. The Balaban J connectivity index is 1.10. The molecule has 0 bridgehead atoms. The fraction of sp³-hybridized carbons (Fsp3) is 0.0317. The van der Waals surface area contributed by atoms with Crippen LogP contribution in [0.2, 0.25) is 0 Å². The molecule has 0 aliphatic carbocycles. The van der Waals surface area contributed by atoms with Gasteiger partial charge in [0.25, 0.3) is 0 Å². The number of allylic oxidation sites excluding steroid dienone is 5. The van der Waals surface area contributed by atoms with Gasteiger partial charge in [0, 0.05) is 45.1 Å². The molecule has 0 aliphatic rings.